The van der Waals surface area contributed by atoms with Crippen LogP contribution in [0.2, 0.25) is 0 Å². The van der Waals surface area contributed by atoms with Gasteiger partial charge in [-0.15, -0.1) is 10.1 Å². The van der Waals surface area contributed by atoms with E-state index in [1.54, 1.807) is 27.7 Å². The molecule has 4 amide bonds. The first-order valence-corrected chi connectivity index (χ1v) is 10.1. The lowest BCUT2D eigenvalue weighted by Gasteiger charge is -2.28. The standard InChI is InChI=1S/C20H28N2O9/c1-19(2,18(28)31-22-15(25)7-8-16(22)26)11-12-29-20(3,4)10-9-17(27)30-21-13(23)5-6-14(21)24/h5-12H2,1-4H3. The summed E-state index contributed by atoms with van der Waals surface area (Å²) in [5.74, 6) is -3.61. The zero-order valence-electron chi connectivity index (χ0n) is 18.2. The lowest BCUT2D eigenvalue weighted by atomic mass is 9.90. The Labute approximate surface area is 179 Å². The first-order chi connectivity index (χ1) is 14.3. The topological polar surface area (TPSA) is 137 Å². The molecule has 2 heterocycles. The van der Waals surface area contributed by atoms with Gasteiger partial charge in [0.05, 0.1) is 17.4 Å². The number of nitrogens with zero attached hydrogens (tertiary/aromatic N) is 2. The highest BCUT2D eigenvalue weighted by Crippen LogP contribution is 2.27. The summed E-state index contributed by atoms with van der Waals surface area (Å²) in [4.78, 5) is 80.2. The van der Waals surface area contributed by atoms with Gasteiger partial charge in [0.15, 0.2) is 0 Å². The van der Waals surface area contributed by atoms with Gasteiger partial charge in [0.1, 0.15) is 0 Å². The minimum absolute atomic E-state index is 0.0202. The Hall–Kier alpha value is -2.82. The van der Waals surface area contributed by atoms with E-state index < -0.39 is 46.6 Å². The van der Waals surface area contributed by atoms with Crippen molar-refractivity contribution in [1.82, 2.24) is 10.1 Å². The second-order valence-electron chi connectivity index (χ2n) is 8.75. The summed E-state index contributed by atoms with van der Waals surface area (Å²) < 4.78 is 5.78. The number of hydrogen-bond donors (Lipinski definition) is 0. The second-order valence-corrected chi connectivity index (χ2v) is 8.75. The van der Waals surface area contributed by atoms with Crippen LogP contribution in [-0.2, 0) is 43.2 Å². The zero-order chi connectivity index (χ0) is 23.4. The van der Waals surface area contributed by atoms with Crippen LogP contribution in [0.5, 0.6) is 0 Å². The van der Waals surface area contributed by atoms with Crippen LogP contribution in [0.15, 0.2) is 0 Å². The van der Waals surface area contributed by atoms with E-state index in [1.165, 1.54) is 0 Å². The molecule has 0 aromatic rings. The van der Waals surface area contributed by atoms with Crippen LogP contribution in [-0.4, -0.2) is 57.9 Å². The molecule has 31 heavy (non-hydrogen) atoms. The fourth-order valence-electron chi connectivity index (χ4n) is 2.83. The molecule has 2 aliphatic rings. The Morgan fingerprint density at radius 3 is 1.71 bits per heavy atom. The Balaban J connectivity index is 1.75. The van der Waals surface area contributed by atoms with E-state index in [0.717, 1.165) is 0 Å². The number of amides is 4. The summed E-state index contributed by atoms with van der Waals surface area (Å²) in [7, 11) is 0. The van der Waals surface area contributed by atoms with Gasteiger partial charge in [0, 0.05) is 32.3 Å². The first kappa shape index (κ1) is 24.4. The molecule has 0 aromatic heterocycles. The van der Waals surface area contributed by atoms with Crippen molar-refractivity contribution in [2.45, 2.75) is 78.2 Å². The minimum Gasteiger partial charge on any atom is -0.376 e. The number of carbonyl (C=O) groups is 6. The second kappa shape index (κ2) is 9.54. The average molecular weight is 440 g/mol. The average Bonchev–Trinajstić information content (AvgIpc) is 3.16. The molecule has 0 N–H and O–H groups in total. The van der Waals surface area contributed by atoms with E-state index in [4.69, 9.17) is 14.4 Å². The third kappa shape index (κ3) is 6.58. The molecule has 11 nitrogen and oxygen atoms in total. The van der Waals surface area contributed by atoms with Crippen molar-refractivity contribution < 1.29 is 43.2 Å². The van der Waals surface area contributed by atoms with Crippen LogP contribution >= 0.6 is 0 Å². The molecule has 0 unspecified atom stereocenters. The van der Waals surface area contributed by atoms with E-state index >= 15 is 0 Å². The Kier molecular flexibility index (Phi) is 7.53. The van der Waals surface area contributed by atoms with Crippen molar-refractivity contribution in [1.29, 1.82) is 0 Å². The molecule has 0 bridgehead atoms. The summed E-state index contributed by atoms with van der Waals surface area (Å²) in [6.45, 7) is 6.87. The summed E-state index contributed by atoms with van der Waals surface area (Å²) >= 11 is 0. The van der Waals surface area contributed by atoms with Crippen molar-refractivity contribution in [2.24, 2.45) is 5.41 Å². The number of rotatable bonds is 10. The first-order valence-electron chi connectivity index (χ1n) is 10.1. The molecule has 0 saturated carbocycles. The predicted molar refractivity (Wildman–Crippen MR) is 102 cm³/mol. The summed E-state index contributed by atoms with van der Waals surface area (Å²) in [6.07, 6.45) is 0.516. The van der Waals surface area contributed by atoms with Gasteiger partial charge in [-0.25, -0.2) is 9.59 Å². The maximum atomic E-state index is 12.4. The lowest BCUT2D eigenvalue weighted by Crippen LogP contribution is -2.38. The lowest BCUT2D eigenvalue weighted by molar-refractivity contribution is -0.205. The summed E-state index contributed by atoms with van der Waals surface area (Å²) in [5, 5.41) is 1.01. The van der Waals surface area contributed by atoms with E-state index in [9.17, 15) is 28.8 Å². The monoisotopic (exact) mass is 440 g/mol. The van der Waals surface area contributed by atoms with E-state index in [0.29, 0.717) is 10.1 Å². The van der Waals surface area contributed by atoms with Gasteiger partial charge in [0.2, 0.25) is 0 Å². The van der Waals surface area contributed by atoms with Gasteiger partial charge >= 0.3 is 11.9 Å². The van der Waals surface area contributed by atoms with Crippen molar-refractivity contribution in [2.75, 3.05) is 6.61 Å². The van der Waals surface area contributed by atoms with E-state index in [1.807, 2.05) is 0 Å². The highest BCUT2D eigenvalue weighted by atomic mass is 16.7. The molecule has 0 aliphatic carbocycles. The Bertz CT molecular complexity index is 756. The molecular formula is C20H28N2O9. The van der Waals surface area contributed by atoms with Gasteiger partial charge in [-0.05, 0) is 40.5 Å². The van der Waals surface area contributed by atoms with E-state index in [2.05, 4.69) is 0 Å². The van der Waals surface area contributed by atoms with Gasteiger partial charge in [-0.1, -0.05) is 0 Å². The van der Waals surface area contributed by atoms with Gasteiger partial charge in [-0.2, -0.15) is 0 Å². The zero-order valence-corrected chi connectivity index (χ0v) is 18.2. The van der Waals surface area contributed by atoms with Crippen LogP contribution in [0.1, 0.15) is 72.6 Å². The van der Waals surface area contributed by atoms with Crippen LogP contribution in [0.3, 0.4) is 0 Å². The third-order valence-corrected chi connectivity index (χ3v) is 5.08. The Morgan fingerprint density at radius 1 is 0.774 bits per heavy atom. The van der Waals surface area contributed by atoms with Gasteiger partial charge in [-0.3, -0.25) is 19.2 Å². The molecule has 2 aliphatic heterocycles. The number of ether oxygens (including phenoxy) is 1. The predicted octanol–water partition coefficient (Wildman–Crippen LogP) is 1.19. The van der Waals surface area contributed by atoms with Crippen LogP contribution in [0.4, 0.5) is 0 Å². The largest absolute Gasteiger partial charge is 0.376 e. The third-order valence-electron chi connectivity index (χ3n) is 5.08. The fraction of sp³-hybridized carbons (Fsp3) is 0.700. The summed E-state index contributed by atoms with van der Waals surface area (Å²) in [6, 6.07) is 0. The maximum Gasteiger partial charge on any atom is 0.338 e. The highest BCUT2D eigenvalue weighted by molar-refractivity contribution is 6.02. The van der Waals surface area contributed by atoms with Gasteiger partial charge in [0.25, 0.3) is 23.6 Å². The van der Waals surface area contributed by atoms with Crippen molar-refractivity contribution in [3.8, 4) is 0 Å². The normalized spacial score (nSPS) is 17.5. The molecule has 0 aromatic carbocycles. The maximum absolute atomic E-state index is 12.4. The summed E-state index contributed by atoms with van der Waals surface area (Å²) in [5.41, 5.74) is -1.77. The SMILES string of the molecule is CC(C)(CCC(=O)ON1C(=O)CCC1=O)OCCC(C)(C)C(=O)ON1C(=O)CCC1=O. The number of hydrogen-bond acceptors (Lipinski definition) is 9. The van der Waals surface area contributed by atoms with Gasteiger partial charge < -0.3 is 14.4 Å². The molecule has 172 valence electrons. The van der Waals surface area contributed by atoms with Crippen molar-refractivity contribution in [3.63, 3.8) is 0 Å². The van der Waals surface area contributed by atoms with Crippen molar-refractivity contribution in [3.05, 3.63) is 0 Å². The molecule has 0 spiro atoms. The number of imide groups is 2. The van der Waals surface area contributed by atoms with Crippen LogP contribution in [0, 0.1) is 5.41 Å². The molecule has 0 atom stereocenters. The van der Waals surface area contributed by atoms with Crippen LogP contribution in [0.25, 0.3) is 0 Å². The smallest absolute Gasteiger partial charge is 0.338 e. The van der Waals surface area contributed by atoms with E-state index in [-0.39, 0.29) is 51.6 Å². The Morgan fingerprint density at radius 2 is 1.23 bits per heavy atom. The quantitative estimate of drug-likeness (QED) is 0.459. The molecule has 2 rings (SSSR count). The minimum atomic E-state index is -1.02. The number of carbonyl (C=O) groups excluding carboxylic acids is 6. The number of hydroxylamine groups is 4. The van der Waals surface area contributed by atoms with Crippen LogP contribution < -0.4 is 0 Å². The molecule has 0 radical (unpaired) electrons. The molecule has 2 fully saturated rings. The fourth-order valence-corrected chi connectivity index (χ4v) is 2.83. The molecule has 11 heteroatoms. The molecule has 2 saturated heterocycles. The molecular weight excluding hydrogens is 412 g/mol. The highest BCUT2D eigenvalue weighted by Gasteiger charge is 2.38. The van der Waals surface area contributed by atoms with Crippen molar-refractivity contribution >= 4 is 35.6 Å².